The van der Waals surface area contributed by atoms with Crippen LogP contribution in [0.3, 0.4) is 0 Å². The van der Waals surface area contributed by atoms with E-state index in [1.54, 1.807) is 0 Å². The topological polar surface area (TPSA) is 84.3 Å². The molecule has 2 heterocycles. The van der Waals surface area contributed by atoms with Gasteiger partial charge in [0.1, 0.15) is 5.82 Å². The Kier molecular flexibility index (Phi) is 4.11. The molecule has 0 spiro atoms. The SMILES string of the molecule is Nc1nc(C2CC(N)C2)cc(N2CCN(CC3CCC3)CC2)n1. The zero-order valence-corrected chi connectivity index (χ0v) is 13.8. The average molecular weight is 316 g/mol. The first-order valence-corrected chi connectivity index (χ1v) is 9.04. The molecule has 0 unspecified atom stereocenters. The van der Waals surface area contributed by atoms with Gasteiger partial charge in [-0.25, -0.2) is 4.98 Å². The maximum absolute atomic E-state index is 5.95. The number of nitrogen functional groups attached to an aromatic ring is 1. The molecule has 0 aromatic carbocycles. The van der Waals surface area contributed by atoms with Crippen molar-refractivity contribution < 1.29 is 0 Å². The van der Waals surface area contributed by atoms with Crippen LogP contribution in [0, 0.1) is 5.92 Å². The van der Waals surface area contributed by atoms with Gasteiger partial charge in [-0.05, 0) is 31.6 Å². The van der Waals surface area contributed by atoms with Crippen molar-refractivity contribution in [3.8, 4) is 0 Å². The highest BCUT2D eigenvalue weighted by Gasteiger charge is 2.30. The predicted octanol–water partition coefficient (Wildman–Crippen LogP) is 1.19. The van der Waals surface area contributed by atoms with Crippen molar-refractivity contribution in [2.45, 2.75) is 44.1 Å². The molecular weight excluding hydrogens is 288 g/mol. The van der Waals surface area contributed by atoms with E-state index in [0.717, 1.165) is 56.5 Å². The third kappa shape index (κ3) is 3.28. The number of hydrogen-bond acceptors (Lipinski definition) is 6. The number of anilines is 2. The van der Waals surface area contributed by atoms with Crippen molar-refractivity contribution >= 4 is 11.8 Å². The van der Waals surface area contributed by atoms with Crippen molar-refractivity contribution in [2.24, 2.45) is 11.7 Å². The zero-order valence-electron chi connectivity index (χ0n) is 13.8. The highest BCUT2D eigenvalue weighted by atomic mass is 15.3. The third-order valence-electron chi connectivity index (χ3n) is 5.78. The summed E-state index contributed by atoms with van der Waals surface area (Å²) in [6.07, 6.45) is 6.32. The van der Waals surface area contributed by atoms with Crippen LogP contribution in [0.15, 0.2) is 6.07 Å². The summed E-state index contributed by atoms with van der Waals surface area (Å²) < 4.78 is 0. The minimum atomic E-state index is 0.328. The fraction of sp³-hybridized carbons (Fsp3) is 0.765. The molecule has 1 aliphatic heterocycles. The van der Waals surface area contributed by atoms with Crippen LogP contribution >= 0.6 is 0 Å². The van der Waals surface area contributed by atoms with Gasteiger partial charge in [0, 0.05) is 50.7 Å². The molecule has 2 aliphatic carbocycles. The Bertz CT molecular complexity index is 544. The van der Waals surface area contributed by atoms with Gasteiger partial charge in [0.2, 0.25) is 5.95 Å². The van der Waals surface area contributed by atoms with Gasteiger partial charge in [-0.2, -0.15) is 4.98 Å². The normalized spacial score (nSPS) is 29.2. The van der Waals surface area contributed by atoms with Crippen molar-refractivity contribution in [1.29, 1.82) is 0 Å². The lowest BCUT2D eigenvalue weighted by Crippen LogP contribution is -2.48. The van der Waals surface area contributed by atoms with Gasteiger partial charge in [-0.3, -0.25) is 4.90 Å². The van der Waals surface area contributed by atoms with Crippen LogP contribution < -0.4 is 16.4 Å². The lowest BCUT2D eigenvalue weighted by atomic mass is 9.78. The molecule has 23 heavy (non-hydrogen) atoms. The molecule has 3 aliphatic rings. The number of hydrogen-bond donors (Lipinski definition) is 2. The molecule has 0 radical (unpaired) electrons. The summed E-state index contributed by atoms with van der Waals surface area (Å²) in [5.41, 5.74) is 12.9. The zero-order chi connectivity index (χ0) is 15.8. The Morgan fingerprint density at radius 1 is 1.09 bits per heavy atom. The van der Waals surface area contributed by atoms with Gasteiger partial charge in [-0.15, -0.1) is 0 Å². The van der Waals surface area contributed by atoms with E-state index in [1.165, 1.54) is 25.8 Å². The lowest BCUT2D eigenvalue weighted by molar-refractivity contribution is 0.170. The van der Waals surface area contributed by atoms with Crippen LogP contribution in [-0.4, -0.2) is 53.6 Å². The molecule has 4 N–H and O–H groups in total. The highest BCUT2D eigenvalue weighted by Crippen LogP contribution is 2.36. The Hall–Kier alpha value is -1.40. The minimum absolute atomic E-state index is 0.328. The van der Waals surface area contributed by atoms with Gasteiger partial charge < -0.3 is 16.4 Å². The Morgan fingerprint density at radius 3 is 2.43 bits per heavy atom. The second-order valence-electron chi connectivity index (χ2n) is 7.52. The average Bonchev–Trinajstić information content (AvgIpc) is 2.48. The minimum Gasteiger partial charge on any atom is -0.368 e. The fourth-order valence-corrected chi connectivity index (χ4v) is 3.95. The second-order valence-corrected chi connectivity index (χ2v) is 7.52. The molecule has 4 rings (SSSR count). The van der Waals surface area contributed by atoms with Crippen LogP contribution in [0.5, 0.6) is 0 Å². The standard InChI is InChI=1S/C17H28N6/c18-14-8-13(9-14)15-10-16(21-17(19)20-15)23-6-4-22(5-7-23)11-12-2-1-3-12/h10,12-14H,1-9,11,18H2,(H2,19,20,21). The molecular formula is C17H28N6. The van der Waals surface area contributed by atoms with Crippen LogP contribution in [0.25, 0.3) is 0 Å². The summed E-state index contributed by atoms with van der Waals surface area (Å²) in [4.78, 5) is 13.9. The molecule has 1 aromatic heterocycles. The first-order chi connectivity index (χ1) is 11.2. The summed E-state index contributed by atoms with van der Waals surface area (Å²) >= 11 is 0. The molecule has 1 aromatic rings. The molecule has 0 bridgehead atoms. The lowest BCUT2D eigenvalue weighted by Gasteiger charge is -2.39. The largest absolute Gasteiger partial charge is 0.368 e. The Balaban J connectivity index is 1.38. The van der Waals surface area contributed by atoms with E-state index < -0.39 is 0 Å². The van der Waals surface area contributed by atoms with E-state index in [0.29, 0.717) is 17.9 Å². The second kappa shape index (κ2) is 6.24. The quantitative estimate of drug-likeness (QED) is 0.868. The first-order valence-electron chi connectivity index (χ1n) is 9.04. The smallest absolute Gasteiger partial charge is 0.222 e. The van der Waals surface area contributed by atoms with Gasteiger partial charge in [0.05, 0.1) is 5.69 Å². The van der Waals surface area contributed by atoms with Crippen molar-refractivity contribution in [2.75, 3.05) is 43.4 Å². The number of nitrogens with two attached hydrogens (primary N) is 2. The van der Waals surface area contributed by atoms with E-state index >= 15 is 0 Å². The predicted molar refractivity (Wildman–Crippen MR) is 92.4 cm³/mol. The number of rotatable bonds is 4. The van der Waals surface area contributed by atoms with Crippen LogP contribution in [0.1, 0.15) is 43.7 Å². The summed E-state index contributed by atoms with van der Waals surface area (Å²) in [6, 6.07) is 2.46. The maximum Gasteiger partial charge on any atom is 0.222 e. The maximum atomic E-state index is 5.95. The van der Waals surface area contributed by atoms with Gasteiger partial charge in [0.25, 0.3) is 0 Å². The molecule has 0 atom stereocenters. The first kappa shape index (κ1) is 15.1. The number of aromatic nitrogens is 2. The summed E-state index contributed by atoms with van der Waals surface area (Å²) in [7, 11) is 0. The molecule has 6 heteroatoms. The Morgan fingerprint density at radius 2 is 1.83 bits per heavy atom. The van der Waals surface area contributed by atoms with Crippen LogP contribution in [-0.2, 0) is 0 Å². The number of nitrogens with zero attached hydrogens (tertiary/aromatic N) is 4. The monoisotopic (exact) mass is 316 g/mol. The van der Waals surface area contributed by atoms with Crippen LogP contribution in [0.4, 0.5) is 11.8 Å². The van der Waals surface area contributed by atoms with Gasteiger partial charge >= 0.3 is 0 Å². The molecule has 6 nitrogen and oxygen atoms in total. The van der Waals surface area contributed by atoms with E-state index in [4.69, 9.17) is 11.5 Å². The molecule has 3 fully saturated rings. The van der Waals surface area contributed by atoms with Crippen molar-refractivity contribution in [1.82, 2.24) is 14.9 Å². The van der Waals surface area contributed by atoms with Gasteiger partial charge in [0.15, 0.2) is 0 Å². The van der Waals surface area contributed by atoms with Gasteiger partial charge in [-0.1, -0.05) is 6.42 Å². The summed E-state index contributed by atoms with van der Waals surface area (Å²) in [5, 5.41) is 0. The Labute approximate surface area is 138 Å². The molecule has 1 saturated heterocycles. The van der Waals surface area contributed by atoms with Crippen molar-refractivity contribution in [3.05, 3.63) is 11.8 Å². The summed E-state index contributed by atoms with van der Waals surface area (Å²) in [5.74, 6) is 2.81. The molecule has 0 amide bonds. The van der Waals surface area contributed by atoms with E-state index in [9.17, 15) is 0 Å². The third-order valence-corrected chi connectivity index (χ3v) is 5.78. The van der Waals surface area contributed by atoms with Crippen LogP contribution in [0.2, 0.25) is 0 Å². The molecule has 126 valence electrons. The number of piperazine rings is 1. The van der Waals surface area contributed by atoms with E-state index in [1.807, 2.05) is 0 Å². The summed E-state index contributed by atoms with van der Waals surface area (Å²) in [6.45, 7) is 5.61. The molecule has 2 saturated carbocycles. The van der Waals surface area contributed by atoms with Crippen molar-refractivity contribution in [3.63, 3.8) is 0 Å². The fourth-order valence-electron chi connectivity index (χ4n) is 3.95. The van der Waals surface area contributed by atoms with E-state index in [-0.39, 0.29) is 0 Å². The highest BCUT2D eigenvalue weighted by molar-refractivity contribution is 5.45. The van der Waals surface area contributed by atoms with E-state index in [2.05, 4.69) is 25.8 Å².